The Morgan fingerprint density at radius 3 is 2.88 bits per heavy atom. The van der Waals surface area contributed by atoms with Crippen LogP contribution < -0.4 is 10.6 Å². The van der Waals surface area contributed by atoms with Crippen LogP contribution in [0.4, 0.5) is 0 Å². The number of pyridine rings is 1. The maximum absolute atomic E-state index is 11.8. The first-order valence-corrected chi connectivity index (χ1v) is 8.66. The van der Waals surface area contributed by atoms with Crippen molar-refractivity contribution in [3.05, 3.63) is 58.7 Å². The largest absolute Gasteiger partial charge is 0.356 e. The van der Waals surface area contributed by atoms with Crippen molar-refractivity contribution in [3.8, 4) is 0 Å². The van der Waals surface area contributed by atoms with Gasteiger partial charge in [0.2, 0.25) is 5.91 Å². The second kappa shape index (κ2) is 7.74. The Morgan fingerprint density at radius 2 is 2.08 bits per heavy atom. The van der Waals surface area contributed by atoms with Gasteiger partial charge >= 0.3 is 0 Å². The van der Waals surface area contributed by atoms with Gasteiger partial charge in [-0.15, -0.1) is 0 Å². The molecule has 6 nitrogen and oxygen atoms in total. The minimum atomic E-state index is -0.145. The molecule has 0 unspecified atom stereocenters. The molecule has 0 spiro atoms. The molecule has 0 aromatic carbocycles. The third kappa shape index (κ3) is 4.20. The standard InChI is InChI=1S/C17H18N4O2S/c22-16(5-8-19-17(23)13-6-10-24-12-13)18-7-4-14-11-21-9-2-1-3-15(21)20-14/h1-3,6,9-12H,4-5,7-8H2,(H,18,22)(H,19,23). The first kappa shape index (κ1) is 16.2. The van der Waals surface area contributed by atoms with Gasteiger partial charge in [0, 0.05) is 49.3 Å². The van der Waals surface area contributed by atoms with Crippen molar-refractivity contribution >= 4 is 28.8 Å². The van der Waals surface area contributed by atoms with Gasteiger partial charge in [0.05, 0.1) is 5.69 Å². The molecular formula is C17H18N4O2S. The van der Waals surface area contributed by atoms with Crippen LogP contribution in [0.3, 0.4) is 0 Å². The number of amides is 2. The third-order valence-electron chi connectivity index (χ3n) is 3.54. The van der Waals surface area contributed by atoms with Crippen molar-refractivity contribution in [3.63, 3.8) is 0 Å². The lowest BCUT2D eigenvalue weighted by molar-refractivity contribution is -0.120. The Balaban J connectivity index is 1.36. The number of nitrogens with zero attached hydrogens (tertiary/aromatic N) is 2. The molecular weight excluding hydrogens is 324 g/mol. The van der Waals surface area contributed by atoms with Crippen LogP contribution in [-0.4, -0.2) is 34.3 Å². The lowest BCUT2D eigenvalue weighted by Gasteiger charge is -2.05. The van der Waals surface area contributed by atoms with E-state index in [0.717, 1.165) is 11.3 Å². The number of imidazole rings is 1. The van der Waals surface area contributed by atoms with Crippen LogP contribution in [0, 0.1) is 0 Å². The van der Waals surface area contributed by atoms with Crippen LogP contribution in [0.25, 0.3) is 5.65 Å². The Morgan fingerprint density at radius 1 is 1.17 bits per heavy atom. The summed E-state index contributed by atoms with van der Waals surface area (Å²) in [6.07, 6.45) is 4.85. The fourth-order valence-electron chi connectivity index (χ4n) is 2.31. The summed E-state index contributed by atoms with van der Waals surface area (Å²) >= 11 is 1.47. The minimum Gasteiger partial charge on any atom is -0.356 e. The average Bonchev–Trinajstić information content (AvgIpc) is 3.24. The number of carbonyl (C=O) groups excluding carboxylic acids is 2. The molecule has 0 radical (unpaired) electrons. The summed E-state index contributed by atoms with van der Waals surface area (Å²) in [5.41, 5.74) is 2.47. The molecule has 0 aliphatic heterocycles. The second-order valence-electron chi connectivity index (χ2n) is 5.32. The molecule has 2 N–H and O–H groups in total. The van der Waals surface area contributed by atoms with E-state index < -0.39 is 0 Å². The zero-order valence-electron chi connectivity index (χ0n) is 13.1. The Hall–Kier alpha value is -2.67. The van der Waals surface area contributed by atoms with E-state index in [4.69, 9.17) is 0 Å². The van der Waals surface area contributed by atoms with Gasteiger partial charge in [0.1, 0.15) is 5.65 Å². The lowest BCUT2D eigenvalue weighted by atomic mass is 10.3. The number of nitrogens with one attached hydrogen (secondary N) is 2. The van der Waals surface area contributed by atoms with Crippen LogP contribution in [0.2, 0.25) is 0 Å². The van der Waals surface area contributed by atoms with Gasteiger partial charge in [-0.2, -0.15) is 11.3 Å². The fraction of sp³-hybridized carbons (Fsp3) is 0.235. The van der Waals surface area contributed by atoms with E-state index in [0.29, 0.717) is 25.1 Å². The van der Waals surface area contributed by atoms with Crippen molar-refractivity contribution in [1.29, 1.82) is 0 Å². The Kier molecular flexibility index (Phi) is 5.22. The van der Waals surface area contributed by atoms with Gasteiger partial charge in [0.25, 0.3) is 5.91 Å². The van der Waals surface area contributed by atoms with Gasteiger partial charge in [-0.3, -0.25) is 9.59 Å². The van der Waals surface area contributed by atoms with Crippen molar-refractivity contribution in [2.45, 2.75) is 12.8 Å². The summed E-state index contributed by atoms with van der Waals surface area (Å²) in [5.74, 6) is -0.224. The SMILES string of the molecule is O=C(CCNC(=O)c1ccsc1)NCCc1cn2ccccc2n1. The smallest absolute Gasteiger partial charge is 0.252 e. The Labute approximate surface area is 143 Å². The van der Waals surface area contributed by atoms with Crippen LogP contribution >= 0.6 is 11.3 Å². The quantitative estimate of drug-likeness (QED) is 0.688. The maximum atomic E-state index is 11.8. The predicted octanol–water partition coefficient (Wildman–Crippen LogP) is 1.87. The molecule has 7 heteroatoms. The van der Waals surface area contributed by atoms with Crippen molar-refractivity contribution in [2.75, 3.05) is 13.1 Å². The van der Waals surface area contributed by atoms with E-state index in [9.17, 15) is 9.59 Å². The summed E-state index contributed by atoms with van der Waals surface area (Å²) in [4.78, 5) is 28.0. The summed E-state index contributed by atoms with van der Waals surface area (Å²) in [5, 5.41) is 9.21. The highest BCUT2D eigenvalue weighted by atomic mass is 32.1. The topological polar surface area (TPSA) is 75.5 Å². The highest BCUT2D eigenvalue weighted by Crippen LogP contribution is 2.05. The molecule has 3 rings (SSSR count). The van der Waals surface area contributed by atoms with Crippen LogP contribution in [-0.2, 0) is 11.2 Å². The Bertz CT molecular complexity index is 793. The molecule has 3 heterocycles. The number of hydrogen-bond acceptors (Lipinski definition) is 4. The summed E-state index contributed by atoms with van der Waals surface area (Å²) in [6.45, 7) is 0.857. The number of aromatic nitrogens is 2. The van der Waals surface area contributed by atoms with E-state index in [1.165, 1.54) is 11.3 Å². The minimum absolute atomic E-state index is 0.0793. The van der Waals surface area contributed by atoms with E-state index >= 15 is 0 Å². The van der Waals surface area contributed by atoms with Crippen molar-refractivity contribution in [2.24, 2.45) is 0 Å². The van der Waals surface area contributed by atoms with Crippen molar-refractivity contribution in [1.82, 2.24) is 20.0 Å². The number of thiophene rings is 1. The molecule has 2 amide bonds. The van der Waals surface area contributed by atoms with Gasteiger partial charge < -0.3 is 15.0 Å². The predicted molar refractivity (Wildman–Crippen MR) is 93.2 cm³/mol. The van der Waals surface area contributed by atoms with Crippen LogP contribution in [0.1, 0.15) is 22.5 Å². The molecule has 0 saturated heterocycles. The highest BCUT2D eigenvalue weighted by Gasteiger charge is 2.07. The van der Waals surface area contributed by atoms with Gasteiger partial charge in [-0.25, -0.2) is 4.98 Å². The summed E-state index contributed by atoms with van der Waals surface area (Å²) < 4.78 is 1.96. The molecule has 0 atom stereocenters. The van der Waals surface area contributed by atoms with Gasteiger partial charge in [0.15, 0.2) is 0 Å². The first-order valence-electron chi connectivity index (χ1n) is 7.72. The summed E-state index contributed by atoms with van der Waals surface area (Å²) in [6, 6.07) is 7.59. The fourth-order valence-corrected chi connectivity index (χ4v) is 2.95. The van der Waals surface area contributed by atoms with Gasteiger partial charge in [-0.1, -0.05) is 6.07 Å². The maximum Gasteiger partial charge on any atom is 0.252 e. The zero-order chi connectivity index (χ0) is 16.8. The van der Waals surface area contributed by atoms with E-state index in [1.807, 2.05) is 40.4 Å². The van der Waals surface area contributed by atoms with E-state index in [-0.39, 0.29) is 18.2 Å². The molecule has 0 fully saturated rings. The molecule has 24 heavy (non-hydrogen) atoms. The molecule has 0 aliphatic rings. The average molecular weight is 342 g/mol. The highest BCUT2D eigenvalue weighted by molar-refractivity contribution is 7.08. The van der Waals surface area contributed by atoms with Crippen LogP contribution in [0.15, 0.2) is 47.4 Å². The first-order chi connectivity index (χ1) is 11.7. The number of carbonyl (C=O) groups is 2. The normalized spacial score (nSPS) is 10.7. The molecule has 3 aromatic heterocycles. The molecule has 0 saturated carbocycles. The molecule has 0 aliphatic carbocycles. The molecule has 0 bridgehead atoms. The zero-order valence-corrected chi connectivity index (χ0v) is 13.9. The van der Waals surface area contributed by atoms with Gasteiger partial charge in [-0.05, 0) is 23.6 Å². The third-order valence-corrected chi connectivity index (χ3v) is 4.22. The molecule has 3 aromatic rings. The number of hydrogen-bond donors (Lipinski definition) is 2. The second-order valence-corrected chi connectivity index (χ2v) is 6.10. The lowest BCUT2D eigenvalue weighted by Crippen LogP contribution is -2.31. The number of fused-ring (bicyclic) bond motifs is 1. The van der Waals surface area contributed by atoms with Crippen LogP contribution in [0.5, 0.6) is 0 Å². The summed E-state index contributed by atoms with van der Waals surface area (Å²) in [7, 11) is 0. The molecule has 124 valence electrons. The van der Waals surface area contributed by atoms with E-state index in [2.05, 4.69) is 15.6 Å². The number of rotatable bonds is 7. The van der Waals surface area contributed by atoms with Crippen molar-refractivity contribution < 1.29 is 9.59 Å². The van der Waals surface area contributed by atoms with E-state index in [1.54, 1.807) is 11.4 Å². The monoisotopic (exact) mass is 342 g/mol.